The Morgan fingerprint density at radius 3 is 2.42 bits per heavy atom. The fourth-order valence-electron chi connectivity index (χ4n) is 2.59. The number of anilines is 1. The molecule has 0 aliphatic rings. The third kappa shape index (κ3) is 6.69. The maximum atomic E-state index is 12.8. The summed E-state index contributed by atoms with van der Waals surface area (Å²) in [6.07, 6.45) is -4.75. The average molecular weight is 439 g/mol. The summed E-state index contributed by atoms with van der Waals surface area (Å²) >= 11 is 0. The largest absolute Gasteiger partial charge is 0.454 e. The number of carbonyl (C=O) groups is 2. The molecule has 2 rings (SSSR count). The number of hydrogen-bond donors (Lipinski definition) is 1. The number of amides is 1. The molecule has 0 aromatic heterocycles. The van der Waals surface area contributed by atoms with Crippen molar-refractivity contribution in [2.24, 2.45) is 0 Å². The molecular formula is C20H20F3N3O5. The summed E-state index contributed by atoms with van der Waals surface area (Å²) < 4.78 is 43.3. The van der Waals surface area contributed by atoms with Crippen LogP contribution < -0.4 is 5.32 Å². The summed E-state index contributed by atoms with van der Waals surface area (Å²) in [6, 6.07) is 9.90. The van der Waals surface area contributed by atoms with Gasteiger partial charge in [0.2, 0.25) is 0 Å². The van der Waals surface area contributed by atoms with E-state index >= 15 is 0 Å². The molecule has 1 N–H and O–H groups in total. The maximum Gasteiger partial charge on any atom is 0.416 e. The molecule has 8 nitrogen and oxygen atoms in total. The highest BCUT2D eigenvalue weighted by Gasteiger charge is 2.33. The van der Waals surface area contributed by atoms with Crippen molar-refractivity contribution in [2.45, 2.75) is 25.7 Å². The predicted molar refractivity (Wildman–Crippen MR) is 105 cm³/mol. The standard InChI is InChI=1S/C20H20F3N3O5/c1-13(24-16-9-8-15(20(21,22)23)10-17(16)26(29)30)19(28)31-12-18(27)25(2)11-14-6-4-3-5-7-14/h3-10,13,24H,11-12H2,1-2H3/t13-/m0/s1. The smallest absolute Gasteiger partial charge is 0.416 e. The molecule has 166 valence electrons. The molecule has 31 heavy (non-hydrogen) atoms. The van der Waals surface area contributed by atoms with E-state index in [-0.39, 0.29) is 5.69 Å². The van der Waals surface area contributed by atoms with E-state index in [4.69, 9.17) is 4.74 Å². The van der Waals surface area contributed by atoms with E-state index in [9.17, 15) is 32.9 Å². The van der Waals surface area contributed by atoms with Gasteiger partial charge in [0.15, 0.2) is 6.61 Å². The summed E-state index contributed by atoms with van der Waals surface area (Å²) in [5.74, 6) is -1.36. The summed E-state index contributed by atoms with van der Waals surface area (Å²) in [7, 11) is 1.54. The van der Waals surface area contributed by atoms with Gasteiger partial charge in [0.25, 0.3) is 11.6 Å². The van der Waals surface area contributed by atoms with E-state index in [1.165, 1.54) is 18.9 Å². The zero-order chi connectivity index (χ0) is 23.2. The third-order valence-electron chi connectivity index (χ3n) is 4.27. The minimum atomic E-state index is -4.75. The number of benzene rings is 2. The number of likely N-dealkylation sites (N-methyl/N-ethyl adjacent to an activating group) is 1. The molecule has 1 atom stereocenters. The Labute approximate surface area is 175 Å². The molecule has 0 saturated heterocycles. The highest BCUT2D eigenvalue weighted by molar-refractivity contribution is 5.84. The molecule has 0 spiro atoms. The fraction of sp³-hybridized carbons (Fsp3) is 0.300. The lowest BCUT2D eigenvalue weighted by atomic mass is 10.1. The number of esters is 1. The molecule has 0 bridgehead atoms. The van der Waals surface area contributed by atoms with Crippen LogP contribution in [0.1, 0.15) is 18.1 Å². The van der Waals surface area contributed by atoms with Crippen molar-refractivity contribution >= 4 is 23.3 Å². The van der Waals surface area contributed by atoms with Crippen LogP contribution in [0.15, 0.2) is 48.5 Å². The van der Waals surface area contributed by atoms with Gasteiger partial charge >= 0.3 is 12.1 Å². The summed E-state index contributed by atoms with van der Waals surface area (Å²) in [5.41, 5.74) is -1.43. The lowest BCUT2D eigenvalue weighted by Gasteiger charge is -2.19. The monoisotopic (exact) mass is 439 g/mol. The normalized spacial score (nSPS) is 12.0. The molecule has 11 heteroatoms. The van der Waals surface area contributed by atoms with Crippen molar-refractivity contribution in [1.29, 1.82) is 0 Å². The Hall–Kier alpha value is -3.63. The van der Waals surface area contributed by atoms with Crippen LogP contribution in [0.4, 0.5) is 24.5 Å². The van der Waals surface area contributed by atoms with Gasteiger partial charge in [-0.3, -0.25) is 14.9 Å². The van der Waals surface area contributed by atoms with Crippen LogP contribution in [0.25, 0.3) is 0 Å². The van der Waals surface area contributed by atoms with Crippen LogP contribution in [-0.4, -0.2) is 41.4 Å². The molecule has 2 aromatic carbocycles. The molecule has 0 aliphatic carbocycles. The summed E-state index contributed by atoms with van der Waals surface area (Å²) in [5, 5.41) is 13.6. The number of ether oxygens (including phenoxy) is 1. The summed E-state index contributed by atoms with van der Waals surface area (Å²) in [6.45, 7) is 1.06. The van der Waals surface area contributed by atoms with Crippen molar-refractivity contribution in [2.75, 3.05) is 19.0 Å². The number of halogens is 3. The van der Waals surface area contributed by atoms with Crippen LogP contribution in [0, 0.1) is 10.1 Å². The van der Waals surface area contributed by atoms with Crippen LogP contribution in [-0.2, 0) is 27.0 Å². The Bertz CT molecular complexity index is 951. The molecule has 0 heterocycles. The highest BCUT2D eigenvalue weighted by Crippen LogP contribution is 2.35. The average Bonchev–Trinajstić information content (AvgIpc) is 2.71. The summed E-state index contributed by atoms with van der Waals surface area (Å²) in [4.78, 5) is 35.8. The van der Waals surface area contributed by atoms with E-state index in [2.05, 4.69) is 5.32 Å². The SMILES string of the molecule is C[C@H](Nc1ccc(C(F)(F)F)cc1[N+](=O)[O-])C(=O)OCC(=O)N(C)Cc1ccccc1. The molecule has 0 fully saturated rings. The minimum Gasteiger partial charge on any atom is -0.454 e. The second kappa shape index (κ2) is 9.92. The molecule has 0 saturated carbocycles. The first kappa shape index (κ1) is 23.6. The molecule has 0 unspecified atom stereocenters. The van der Waals surface area contributed by atoms with Gasteiger partial charge in [-0.25, -0.2) is 4.79 Å². The lowest BCUT2D eigenvalue weighted by Crippen LogP contribution is -2.34. The predicted octanol–water partition coefficient (Wildman–Crippen LogP) is 3.62. The number of rotatable bonds is 8. The van der Waals surface area contributed by atoms with Gasteiger partial charge < -0.3 is 15.0 Å². The lowest BCUT2D eigenvalue weighted by molar-refractivity contribution is -0.384. The Kier molecular flexibility index (Phi) is 7.56. The van der Waals surface area contributed by atoms with Crippen LogP contribution in [0.5, 0.6) is 0 Å². The van der Waals surface area contributed by atoms with E-state index in [1.54, 1.807) is 0 Å². The van der Waals surface area contributed by atoms with E-state index in [0.717, 1.165) is 11.6 Å². The van der Waals surface area contributed by atoms with Crippen LogP contribution >= 0.6 is 0 Å². The van der Waals surface area contributed by atoms with Crippen LogP contribution in [0.3, 0.4) is 0 Å². The second-order valence-corrected chi connectivity index (χ2v) is 6.70. The number of hydrogen-bond acceptors (Lipinski definition) is 6. The molecule has 0 radical (unpaired) electrons. The van der Waals surface area contributed by atoms with Gasteiger partial charge in [0.1, 0.15) is 11.7 Å². The Morgan fingerprint density at radius 1 is 1.19 bits per heavy atom. The second-order valence-electron chi connectivity index (χ2n) is 6.70. The first-order chi connectivity index (χ1) is 14.5. The highest BCUT2D eigenvalue weighted by atomic mass is 19.4. The van der Waals surface area contributed by atoms with Crippen molar-refractivity contribution in [1.82, 2.24) is 4.90 Å². The molecule has 0 aliphatic heterocycles. The van der Waals surface area contributed by atoms with Crippen molar-refractivity contribution in [3.8, 4) is 0 Å². The van der Waals surface area contributed by atoms with Gasteiger partial charge in [0.05, 0.1) is 10.5 Å². The Morgan fingerprint density at radius 2 is 1.84 bits per heavy atom. The van der Waals surface area contributed by atoms with Gasteiger partial charge in [0, 0.05) is 19.7 Å². The fourth-order valence-corrected chi connectivity index (χ4v) is 2.59. The van der Waals surface area contributed by atoms with Gasteiger partial charge in [-0.2, -0.15) is 13.2 Å². The van der Waals surface area contributed by atoms with Gasteiger partial charge in [-0.05, 0) is 24.6 Å². The van der Waals surface area contributed by atoms with Gasteiger partial charge in [-0.15, -0.1) is 0 Å². The maximum absolute atomic E-state index is 12.8. The number of nitro groups is 1. The molecular weight excluding hydrogens is 419 g/mol. The first-order valence-corrected chi connectivity index (χ1v) is 9.05. The van der Waals surface area contributed by atoms with Crippen molar-refractivity contribution < 1.29 is 32.4 Å². The zero-order valence-electron chi connectivity index (χ0n) is 16.7. The van der Waals surface area contributed by atoms with E-state index in [0.29, 0.717) is 18.7 Å². The van der Waals surface area contributed by atoms with Crippen molar-refractivity contribution in [3.05, 3.63) is 69.8 Å². The number of nitrogens with zero attached hydrogens (tertiary/aromatic N) is 2. The van der Waals surface area contributed by atoms with Gasteiger partial charge in [-0.1, -0.05) is 30.3 Å². The first-order valence-electron chi connectivity index (χ1n) is 9.05. The van der Waals surface area contributed by atoms with E-state index in [1.807, 2.05) is 30.3 Å². The topological polar surface area (TPSA) is 102 Å². The Balaban J connectivity index is 1.96. The number of nitrogens with one attached hydrogen (secondary N) is 1. The third-order valence-corrected chi connectivity index (χ3v) is 4.27. The van der Waals surface area contributed by atoms with Crippen LogP contribution in [0.2, 0.25) is 0 Å². The van der Waals surface area contributed by atoms with E-state index < -0.39 is 46.9 Å². The zero-order valence-corrected chi connectivity index (χ0v) is 16.7. The number of carbonyl (C=O) groups excluding carboxylic acids is 2. The number of alkyl halides is 3. The molecule has 2 aromatic rings. The van der Waals surface area contributed by atoms with Crippen molar-refractivity contribution in [3.63, 3.8) is 0 Å². The molecule has 1 amide bonds. The quantitative estimate of drug-likeness (QED) is 0.383. The number of nitro benzene ring substituents is 1. The minimum absolute atomic E-state index is 0.282.